The van der Waals surface area contributed by atoms with Crippen molar-refractivity contribution >= 4 is 0 Å². The molecule has 152 valence electrons. The van der Waals surface area contributed by atoms with Crippen molar-refractivity contribution in [1.29, 1.82) is 0 Å². The number of hydrogen-bond acceptors (Lipinski definition) is 5. The molecule has 1 aliphatic rings. The van der Waals surface area contributed by atoms with E-state index in [2.05, 4.69) is 15.9 Å². The molecule has 0 spiro atoms. The number of hydrogen-bond donors (Lipinski definition) is 2. The summed E-state index contributed by atoms with van der Waals surface area (Å²) in [5, 5.41) is 18.4. The number of halogens is 1. The van der Waals surface area contributed by atoms with E-state index in [1.165, 1.54) is 6.07 Å². The monoisotopic (exact) mass is 388 g/mol. The van der Waals surface area contributed by atoms with E-state index in [0.29, 0.717) is 18.5 Å². The number of piperazine rings is 1. The van der Waals surface area contributed by atoms with E-state index in [0.717, 1.165) is 37.5 Å². The Morgan fingerprint density at radius 3 is 2.64 bits per heavy atom. The van der Waals surface area contributed by atoms with Gasteiger partial charge in [0.05, 0.1) is 6.61 Å². The average Bonchev–Trinajstić information content (AvgIpc) is 2.70. The Morgan fingerprint density at radius 1 is 1.00 bits per heavy atom. The van der Waals surface area contributed by atoms with Gasteiger partial charge in [-0.1, -0.05) is 30.3 Å². The summed E-state index contributed by atoms with van der Waals surface area (Å²) in [5.41, 5.74) is 1.85. The number of aliphatic hydroxyl groups excluding tert-OH is 2. The van der Waals surface area contributed by atoms with Gasteiger partial charge in [0.25, 0.3) is 0 Å². The molecule has 0 aromatic heterocycles. The molecule has 0 aliphatic carbocycles. The van der Waals surface area contributed by atoms with Crippen molar-refractivity contribution < 1.29 is 19.3 Å². The lowest BCUT2D eigenvalue weighted by atomic mass is 10.1. The standard InChI is InChI=1S/C22H29FN2O3/c23-22-7-2-1-5-19(22)16-25-10-9-24(17-20(25)8-11-26)15-18-4-3-6-21(14-18)28-13-12-27/h1-7,14,20,26-27H,8-13,15-17H2/t20-/m0/s1. The number of aliphatic hydroxyl groups is 2. The Balaban J connectivity index is 1.61. The van der Waals surface area contributed by atoms with Crippen LogP contribution in [0.5, 0.6) is 5.75 Å². The summed E-state index contributed by atoms with van der Waals surface area (Å²) in [6.07, 6.45) is 0.671. The van der Waals surface area contributed by atoms with E-state index in [1.54, 1.807) is 6.07 Å². The lowest BCUT2D eigenvalue weighted by Gasteiger charge is -2.41. The van der Waals surface area contributed by atoms with E-state index in [4.69, 9.17) is 9.84 Å². The van der Waals surface area contributed by atoms with E-state index >= 15 is 0 Å². The number of benzene rings is 2. The molecule has 1 saturated heterocycles. The lowest BCUT2D eigenvalue weighted by molar-refractivity contribution is 0.0492. The Labute approximate surface area is 166 Å². The largest absolute Gasteiger partial charge is 0.491 e. The van der Waals surface area contributed by atoms with E-state index in [1.807, 2.05) is 30.3 Å². The molecule has 1 fully saturated rings. The van der Waals surface area contributed by atoms with Gasteiger partial charge in [-0.15, -0.1) is 0 Å². The Hall–Kier alpha value is -1.99. The fraction of sp³-hybridized carbons (Fsp3) is 0.455. The van der Waals surface area contributed by atoms with Crippen LogP contribution in [0.4, 0.5) is 4.39 Å². The Kier molecular flexibility index (Phi) is 7.80. The van der Waals surface area contributed by atoms with Gasteiger partial charge in [-0.2, -0.15) is 0 Å². The number of ether oxygens (including phenoxy) is 1. The van der Waals surface area contributed by atoms with Crippen LogP contribution in [0.15, 0.2) is 48.5 Å². The summed E-state index contributed by atoms with van der Waals surface area (Å²) in [7, 11) is 0. The molecule has 2 aromatic rings. The second-order valence-electron chi connectivity index (χ2n) is 7.18. The second-order valence-corrected chi connectivity index (χ2v) is 7.18. The van der Waals surface area contributed by atoms with Crippen molar-refractivity contribution in [3.05, 3.63) is 65.5 Å². The molecule has 2 aromatic carbocycles. The Bertz CT molecular complexity index is 743. The van der Waals surface area contributed by atoms with Crippen LogP contribution in [0, 0.1) is 5.82 Å². The second kappa shape index (κ2) is 10.5. The molecule has 2 N–H and O–H groups in total. The predicted molar refractivity (Wildman–Crippen MR) is 107 cm³/mol. The lowest BCUT2D eigenvalue weighted by Crippen LogP contribution is -2.52. The highest BCUT2D eigenvalue weighted by Gasteiger charge is 2.27. The normalized spacial score (nSPS) is 18.3. The zero-order valence-corrected chi connectivity index (χ0v) is 16.1. The van der Waals surface area contributed by atoms with Gasteiger partial charge in [-0.25, -0.2) is 4.39 Å². The van der Waals surface area contributed by atoms with Gasteiger partial charge in [-0.05, 0) is 30.2 Å². The highest BCUT2D eigenvalue weighted by Crippen LogP contribution is 2.21. The summed E-state index contributed by atoms with van der Waals surface area (Å²) in [6, 6.07) is 15.0. The molecule has 5 nitrogen and oxygen atoms in total. The fourth-order valence-electron chi connectivity index (χ4n) is 3.73. The van der Waals surface area contributed by atoms with Gasteiger partial charge in [0.15, 0.2) is 0 Å². The van der Waals surface area contributed by atoms with E-state index < -0.39 is 0 Å². The summed E-state index contributed by atoms with van der Waals surface area (Å²) < 4.78 is 19.5. The van der Waals surface area contributed by atoms with Crippen LogP contribution < -0.4 is 4.74 Å². The van der Waals surface area contributed by atoms with Crippen molar-refractivity contribution in [1.82, 2.24) is 9.80 Å². The quantitative estimate of drug-likeness (QED) is 0.690. The summed E-state index contributed by atoms with van der Waals surface area (Å²) in [4.78, 5) is 4.63. The van der Waals surface area contributed by atoms with Gasteiger partial charge >= 0.3 is 0 Å². The molecule has 1 aliphatic heterocycles. The fourth-order valence-corrected chi connectivity index (χ4v) is 3.73. The maximum atomic E-state index is 14.0. The minimum atomic E-state index is -0.174. The molecule has 0 bridgehead atoms. The summed E-state index contributed by atoms with van der Waals surface area (Å²) >= 11 is 0. The van der Waals surface area contributed by atoms with Crippen molar-refractivity contribution in [2.75, 3.05) is 39.5 Å². The zero-order chi connectivity index (χ0) is 19.8. The molecular formula is C22H29FN2O3. The molecule has 28 heavy (non-hydrogen) atoms. The Morgan fingerprint density at radius 2 is 1.86 bits per heavy atom. The molecule has 1 atom stereocenters. The minimum Gasteiger partial charge on any atom is -0.491 e. The first-order chi connectivity index (χ1) is 13.7. The zero-order valence-electron chi connectivity index (χ0n) is 16.1. The average molecular weight is 388 g/mol. The van der Waals surface area contributed by atoms with Crippen LogP contribution >= 0.6 is 0 Å². The van der Waals surface area contributed by atoms with Crippen LogP contribution in [-0.2, 0) is 13.1 Å². The van der Waals surface area contributed by atoms with Crippen LogP contribution in [0.1, 0.15) is 17.5 Å². The van der Waals surface area contributed by atoms with Gasteiger partial charge in [0, 0.05) is 50.9 Å². The first-order valence-electron chi connectivity index (χ1n) is 9.83. The van der Waals surface area contributed by atoms with Crippen molar-refractivity contribution in [2.45, 2.75) is 25.6 Å². The highest BCUT2D eigenvalue weighted by molar-refractivity contribution is 5.28. The van der Waals surface area contributed by atoms with Crippen LogP contribution in [-0.4, -0.2) is 65.5 Å². The van der Waals surface area contributed by atoms with Crippen molar-refractivity contribution in [3.63, 3.8) is 0 Å². The van der Waals surface area contributed by atoms with Crippen molar-refractivity contribution in [3.8, 4) is 5.75 Å². The van der Waals surface area contributed by atoms with Gasteiger partial charge < -0.3 is 14.9 Å². The topological polar surface area (TPSA) is 56.2 Å². The summed E-state index contributed by atoms with van der Waals surface area (Å²) in [6.45, 7) is 4.32. The number of rotatable bonds is 9. The summed E-state index contributed by atoms with van der Waals surface area (Å²) in [5.74, 6) is 0.587. The third-order valence-electron chi connectivity index (χ3n) is 5.15. The molecule has 6 heteroatoms. The van der Waals surface area contributed by atoms with E-state index in [-0.39, 0.29) is 31.7 Å². The maximum Gasteiger partial charge on any atom is 0.127 e. The molecule has 0 unspecified atom stereocenters. The van der Waals surface area contributed by atoms with Crippen LogP contribution in [0.2, 0.25) is 0 Å². The molecule has 1 heterocycles. The smallest absolute Gasteiger partial charge is 0.127 e. The first-order valence-corrected chi connectivity index (χ1v) is 9.83. The third-order valence-corrected chi connectivity index (χ3v) is 5.15. The third kappa shape index (κ3) is 5.75. The molecule has 0 amide bonds. The minimum absolute atomic E-state index is 0.00294. The van der Waals surface area contributed by atoms with Crippen LogP contribution in [0.3, 0.4) is 0 Å². The molecule has 0 saturated carbocycles. The number of nitrogens with zero attached hydrogens (tertiary/aromatic N) is 2. The first kappa shape index (κ1) is 20.7. The highest BCUT2D eigenvalue weighted by atomic mass is 19.1. The molecule has 0 radical (unpaired) electrons. The van der Waals surface area contributed by atoms with Crippen LogP contribution in [0.25, 0.3) is 0 Å². The van der Waals surface area contributed by atoms with Gasteiger partial charge in [0.2, 0.25) is 0 Å². The molecule has 3 rings (SSSR count). The molecular weight excluding hydrogens is 359 g/mol. The predicted octanol–water partition coefficient (Wildman–Crippen LogP) is 2.27. The van der Waals surface area contributed by atoms with Gasteiger partial charge in [0.1, 0.15) is 18.2 Å². The SMILES string of the molecule is OCCOc1cccc(CN2CCN(Cc3ccccc3F)[C@@H](CCO)C2)c1. The van der Waals surface area contributed by atoms with Crippen molar-refractivity contribution in [2.24, 2.45) is 0 Å². The maximum absolute atomic E-state index is 14.0. The van der Waals surface area contributed by atoms with Gasteiger partial charge in [-0.3, -0.25) is 9.80 Å². The van der Waals surface area contributed by atoms with E-state index in [9.17, 15) is 9.50 Å².